The molecule has 0 atom stereocenters. The van der Waals surface area contributed by atoms with E-state index in [4.69, 9.17) is 4.43 Å². The predicted octanol–water partition coefficient (Wildman–Crippen LogP) is 6.06. The van der Waals surface area contributed by atoms with Crippen molar-refractivity contribution in [3.8, 4) is 6.07 Å². The van der Waals surface area contributed by atoms with Crippen LogP contribution in [0.1, 0.15) is 32.0 Å². The highest BCUT2D eigenvalue weighted by atomic mass is 79.9. The van der Waals surface area contributed by atoms with E-state index >= 15 is 0 Å². The maximum Gasteiger partial charge on any atom is 0.192 e. The molecule has 0 spiro atoms. The number of aromatic amines is 1. The lowest BCUT2D eigenvalue weighted by Gasteiger charge is -2.36. The molecule has 0 unspecified atom stereocenters. The van der Waals surface area contributed by atoms with Gasteiger partial charge in [-0.1, -0.05) is 36.7 Å². The summed E-state index contributed by atoms with van der Waals surface area (Å²) in [5.74, 6) is 1.88. The van der Waals surface area contributed by atoms with E-state index in [0.717, 1.165) is 39.2 Å². The van der Waals surface area contributed by atoms with Crippen LogP contribution in [0.4, 0.5) is 0 Å². The average molecular weight is 425 g/mol. The molecule has 0 fully saturated rings. The number of halogens is 1. The summed E-state index contributed by atoms with van der Waals surface area (Å²) in [4.78, 5) is 3.38. The number of nitrogens with one attached hydrogen (secondary N) is 1. The molecule has 1 aromatic heterocycles. The maximum atomic E-state index is 9.25. The summed E-state index contributed by atoms with van der Waals surface area (Å²) in [5, 5.41) is 10.6. The Morgan fingerprint density at radius 3 is 2.62 bits per heavy atom. The highest BCUT2D eigenvalue weighted by Gasteiger charge is 2.36. The number of fused-ring (bicyclic) bond motifs is 1. The molecule has 0 aliphatic rings. The molecule has 2 rings (SSSR count). The van der Waals surface area contributed by atoms with Gasteiger partial charge < -0.3 is 9.41 Å². The van der Waals surface area contributed by atoms with Crippen LogP contribution in [0.25, 0.3) is 10.9 Å². The van der Waals surface area contributed by atoms with E-state index in [1.807, 2.05) is 23.9 Å². The fourth-order valence-corrected chi connectivity index (χ4v) is 4.58. The Balaban J connectivity index is 1.90. The van der Waals surface area contributed by atoms with Gasteiger partial charge in [0.15, 0.2) is 8.32 Å². The number of hydrogen-bond donors (Lipinski definition) is 1. The SMILES string of the molecule is CC(C)(C)[Si](C)(C)OCCSCc1cc2cc(Br)cc(C#N)c2[nH]1. The largest absolute Gasteiger partial charge is 0.416 e. The number of nitrogens with zero attached hydrogens (tertiary/aromatic N) is 1. The molecule has 0 saturated carbocycles. The zero-order valence-corrected chi connectivity index (χ0v) is 18.4. The van der Waals surface area contributed by atoms with Gasteiger partial charge in [0.2, 0.25) is 0 Å². The maximum absolute atomic E-state index is 9.25. The van der Waals surface area contributed by atoms with Crippen LogP contribution in [0.3, 0.4) is 0 Å². The van der Waals surface area contributed by atoms with Gasteiger partial charge in [0.05, 0.1) is 11.1 Å². The van der Waals surface area contributed by atoms with Gasteiger partial charge >= 0.3 is 0 Å². The van der Waals surface area contributed by atoms with E-state index in [2.05, 4.69) is 66.9 Å². The van der Waals surface area contributed by atoms with Gasteiger partial charge in [0, 0.05) is 33.7 Å². The molecule has 0 radical (unpaired) electrons. The van der Waals surface area contributed by atoms with Gasteiger partial charge in [-0.25, -0.2) is 0 Å². The lowest BCUT2D eigenvalue weighted by molar-refractivity contribution is 0.311. The normalized spacial score (nSPS) is 12.5. The highest BCUT2D eigenvalue weighted by molar-refractivity contribution is 9.10. The standard InChI is InChI=1S/C18H25BrN2OSSi/c1-18(2,3)24(4,5)22-6-7-23-12-16-10-13-8-15(19)9-14(11-20)17(13)21-16/h8-10,21H,6-7,12H2,1-5H3. The van der Waals surface area contributed by atoms with Crippen LogP contribution in [0.2, 0.25) is 18.1 Å². The Morgan fingerprint density at radius 2 is 2.00 bits per heavy atom. The fourth-order valence-electron chi connectivity index (χ4n) is 2.19. The van der Waals surface area contributed by atoms with E-state index in [-0.39, 0.29) is 5.04 Å². The number of H-pyrrole nitrogens is 1. The third-order valence-corrected chi connectivity index (χ3v) is 10.6. The van der Waals surface area contributed by atoms with Gasteiger partial charge in [0.25, 0.3) is 0 Å². The number of aromatic nitrogens is 1. The zero-order valence-electron chi connectivity index (χ0n) is 15.0. The number of nitriles is 1. The summed E-state index contributed by atoms with van der Waals surface area (Å²) in [7, 11) is -1.64. The molecule has 2 aromatic rings. The Hall–Kier alpha value is -0.743. The van der Waals surface area contributed by atoms with E-state index < -0.39 is 8.32 Å². The van der Waals surface area contributed by atoms with Gasteiger partial charge in [-0.3, -0.25) is 0 Å². The van der Waals surface area contributed by atoms with Crippen LogP contribution in [0.15, 0.2) is 22.7 Å². The zero-order chi connectivity index (χ0) is 18.0. The van der Waals surface area contributed by atoms with Crippen LogP contribution in [0, 0.1) is 11.3 Å². The van der Waals surface area contributed by atoms with Gasteiger partial charge in [-0.2, -0.15) is 17.0 Å². The third kappa shape index (κ3) is 4.66. The molecule has 1 heterocycles. The van der Waals surface area contributed by atoms with Crippen LogP contribution in [0.5, 0.6) is 0 Å². The van der Waals surface area contributed by atoms with Crippen LogP contribution in [-0.4, -0.2) is 25.7 Å². The predicted molar refractivity (Wildman–Crippen MR) is 110 cm³/mol. The summed E-state index contributed by atoms with van der Waals surface area (Å²) < 4.78 is 7.14. The average Bonchev–Trinajstić information content (AvgIpc) is 2.87. The van der Waals surface area contributed by atoms with Crippen molar-refractivity contribution >= 4 is 46.9 Å². The topological polar surface area (TPSA) is 48.8 Å². The van der Waals surface area contributed by atoms with Crippen molar-refractivity contribution in [2.75, 3.05) is 12.4 Å². The quantitative estimate of drug-likeness (QED) is 0.452. The molecule has 1 N–H and O–H groups in total. The first kappa shape index (κ1) is 19.6. The van der Waals surface area contributed by atoms with Crippen molar-refractivity contribution in [2.45, 2.75) is 44.7 Å². The number of thioether (sulfide) groups is 1. The molecule has 0 saturated heterocycles. The van der Waals surface area contributed by atoms with Crippen molar-refractivity contribution in [3.63, 3.8) is 0 Å². The van der Waals surface area contributed by atoms with Crippen molar-refractivity contribution in [3.05, 3.63) is 33.9 Å². The lowest BCUT2D eigenvalue weighted by Crippen LogP contribution is -2.41. The number of hydrogen-bond acceptors (Lipinski definition) is 3. The van der Waals surface area contributed by atoms with Crippen molar-refractivity contribution in [1.82, 2.24) is 4.98 Å². The molecule has 0 aliphatic heterocycles. The Kier molecular flexibility index (Phi) is 6.24. The monoisotopic (exact) mass is 424 g/mol. The molecule has 0 bridgehead atoms. The van der Waals surface area contributed by atoms with Crippen molar-refractivity contribution in [2.24, 2.45) is 0 Å². The second-order valence-corrected chi connectivity index (χ2v) is 14.3. The third-order valence-electron chi connectivity index (χ3n) is 4.62. The van der Waals surface area contributed by atoms with Crippen LogP contribution < -0.4 is 0 Å². The Morgan fingerprint density at radius 1 is 1.29 bits per heavy atom. The second kappa shape index (κ2) is 7.65. The van der Waals surface area contributed by atoms with E-state index in [9.17, 15) is 5.26 Å². The minimum atomic E-state index is -1.64. The second-order valence-electron chi connectivity index (χ2n) is 7.49. The Labute approximate surface area is 158 Å². The minimum Gasteiger partial charge on any atom is -0.416 e. The molecule has 3 nitrogen and oxygen atoms in total. The molecule has 0 amide bonds. The summed E-state index contributed by atoms with van der Waals surface area (Å²) in [6, 6.07) is 8.27. The van der Waals surface area contributed by atoms with Gasteiger partial charge in [0.1, 0.15) is 6.07 Å². The van der Waals surface area contributed by atoms with Crippen LogP contribution in [-0.2, 0) is 10.2 Å². The minimum absolute atomic E-state index is 0.260. The summed E-state index contributed by atoms with van der Waals surface area (Å²) in [6.07, 6.45) is 0. The smallest absolute Gasteiger partial charge is 0.192 e. The molecular weight excluding hydrogens is 400 g/mol. The van der Waals surface area contributed by atoms with Gasteiger partial charge in [-0.15, -0.1) is 0 Å². The lowest BCUT2D eigenvalue weighted by atomic mass is 10.2. The van der Waals surface area contributed by atoms with Crippen LogP contribution >= 0.6 is 27.7 Å². The molecule has 1 aromatic carbocycles. The van der Waals surface area contributed by atoms with Gasteiger partial charge in [-0.05, 0) is 36.3 Å². The first-order valence-corrected chi connectivity index (χ1v) is 12.9. The molecule has 6 heteroatoms. The first-order chi connectivity index (χ1) is 11.1. The summed E-state index contributed by atoms with van der Waals surface area (Å²) in [6.45, 7) is 12.2. The molecule has 24 heavy (non-hydrogen) atoms. The highest BCUT2D eigenvalue weighted by Crippen LogP contribution is 2.36. The first-order valence-electron chi connectivity index (χ1n) is 8.07. The Bertz CT molecular complexity index is 759. The molecular formula is C18H25BrN2OSSi. The number of rotatable bonds is 6. The number of benzene rings is 1. The van der Waals surface area contributed by atoms with Crippen molar-refractivity contribution < 1.29 is 4.43 Å². The molecule has 0 aliphatic carbocycles. The fraction of sp³-hybridized carbons (Fsp3) is 0.500. The molecule has 130 valence electrons. The van der Waals surface area contributed by atoms with E-state index in [1.165, 1.54) is 0 Å². The van der Waals surface area contributed by atoms with E-state index in [0.29, 0.717) is 5.56 Å². The summed E-state index contributed by atoms with van der Waals surface area (Å²) >= 11 is 5.32. The summed E-state index contributed by atoms with van der Waals surface area (Å²) in [5.41, 5.74) is 2.75. The van der Waals surface area contributed by atoms with E-state index in [1.54, 1.807) is 0 Å². The van der Waals surface area contributed by atoms with Crippen molar-refractivity contribution in [1.29, 1.82) is 5.26 Å².